The summed E-state index contributed by atoms with van der Waals surface area (Å²) in [5.74, 6) is -3.89. The minimum Gasteiger partial charge on any atom is -0.396 e. The van der Waals surface area contributed by atoms with Gasteiger partial charge in [0.05, 0.1) is 11.4 Å². The van der Waals surface area contributed by atoms with Gasteiger partial charge in [0.1, 0.15) is 17.2 Å². The van der Waals surface area contributed by atoms with Crippen molar-refractivity contribution in [3.63, 3.8) is 0 Å². The van der Waals surface area contributed by atoms with Crippen LogP contribution in [0.25, 0.3) is 0 Å². The van der Waals surface area contributed by atoms with Gasteiger partial charge in [0.2, 0.25) is 0 Å². The van der Waals surface area contributed by atoms with Crippen LogP contribution in [0.4, 0.5) is 24.5 Å². The Labute approximate surface area is 113 Å². The molecule has 0 aliphatic carbocycles. The van der Waals surface area contributed by atoms with E-state index in [0.29, 0.717) is 0 Å². The molecule has 1 amide bonds. The zero-order valence-electron chi connectivity index (χ0n) is 10.5. The lowest BCUT2D eigenvalue weighted by atomic mass is 10.1. The second-order valence-corrected chi connectivity index (χ2v) is 4.14. The predicted octanol–water partition coefficient (Wildman–Crippen LogP) is 2.96. The van der Waals surface area contributed by atoms with Gasteiger partial charge < -0.3 is 10.6 Å². The number of carbonyl (C=O) groups excluding carboxylic acids is 1. The monoisotopic (exact) mass is 280 g/mol. The van der Waals surface area contributed by atoms with Crippen LogP contribution in [-0.2, 0) is 0 Å². The van der Waals surface area contributed by atoms with Gasteiger partial charge in [-0.05, 0) is 24.3 Å². The van der Waals surface area contributed by atoms with E-state index >= 15 is 0 Å². The van der Waals surface area contributed by atoms with Gasteiger partial charge in [-0.2, -0.15) is 0 Å². The van der Waals surface area contributed by atoms with Crippen molar-refractivity contribution in [2.75, 3.05) is 17.7 Å². The quantitative estimate of drug-likeness (QED) is 0.860. The highest BCUT2D eigenvalue weighted by molar-refractivity contribution is 6.06. The average Bonchev–Trinajstić information content (AvgIpc) is 2.43. The molecule has 2 aromatic carbocycles. The lowest BCUT2D eigenvalue weighted by molar-refractivity contribution is 0.0984. The highest BCUT2D eigenvalue weighted by Gasteiger charge is 2.24. The smallest absolute Gasteiger partial charge is 0.264 e. The second-order valence-electron chi connectivity index (χ2n) is 4.14. The Morgan fingerprint density at radius 2 is 1.70 bits per heavy atom. The Kier molecular flexibility index (Phi) is 3.65. The Balaban J connectivity index is 2.47. The molecule has 0 spiro atoms. The third-order valence-corrected chi connectivity index (χ3v) is 2.85. The van der Waals surface area contributed by atoms with Crippen molar-refractivity contribution >= 4 is 17.3 Å². The van der Waals surface area contributed by atoms with Gasteiger partial charge in [-0.3, -0.25) is 4.79 Å². The fourth-order valence-electron chi connectivity index (χ4n) is 1.77. The zero-order valence-corrected chi connectivity index (χ0v) is 10.5. The zero-order chi connectivity index (χ0) is 14.9. The van der Waals surface area contributed by atoms with E-state index in [9.17, 15) is 18.0 Å². The number of nitrogens with two attached hydrogens (primary N) is 1. The molecule has 0 saturated heterocycles. The summed E-state index contributed by atoms with van der Waals surface area (Å²) in [4.78, 5) is 12.9. The van der Waals surface area contributed by atoms with E-state index in [1.165, 1.54) is 25.2 Å². The molecule has 0 unspecified atom stereocenters. The number of hydrogen-bond donors (Lipinski definition) is 1. The number of halogens is 3. The first kappa shape index (κ1) is 13.9. The highest BCUT2D eigenvalue weighted by atomic mass is 19.1. The highest BCUT2D eigenvalue weighted by Crippen LogP contribution is 2.24. The van der Waals surface area contributed by atoms with Crippen molar-refractivity contribution in [1.29, 1.82) is 0 Å². The van der Waals surface area contributed by atoms with Crippen molar-refractivity contribution in [3.8, 4) is 0 Å². The van der Waals surface area contributed by atoms with Crippen LogP contribution in [0.1, 0.15) is 10.4 Å². The van der Waals surface area contributed by atoms with Gasteiger partial charge in [0.15, 0.2) is 5.82 Å². The van der Waals surface area contributed by atoms with E-state index in [4.69, 9.17) is 5.73 Å². The number of anilines is 2. The third-order valence-electron chi connectivity index (χ3n) is 2.85. The molecule has 2 aromatic rings. The predicted molar refractivity (Wildman–Crippen MR) is 69.9 cm³/mol. The molecule has 0 aliphatic rings. The van der Waals surface area contributed by atoms with E-state index in [1.54, 1.807) is 0 Å². The van der Waals surface area contributed by atoms with Crippen molar-refractivity contribution in [2.45, 2.75) is 0 Å². The Hall–Kier alpha value is -2.50. The maximum atomic E-state index is 13.8. The van der Waals surface area contributed by atoms with E-state index in [-0.39, 0.29) is 11.4 Å². The van der Waals surface area contributed by atoms with E-state index in [2.05, 4.69) is 0 Å². The van der Waals surface area contributed by atoms with Gasteiger partial charge in [-0.25, -0.2) is 13.2 Å². The summed E-state index contributed by atoms with van der Waals surface area (Å²) in [7, 11) is 1.23. The van der Waals surface area contributed by atoms with E-state index in [1.807, 2.05) is 0 Å². The van der Waals surface area contributed by atoms with Crippen LogP contribution in [-0.4, -0.2) is 13.0 Å². The molecule has 0 aliphatic heterocycles. The lowest BCUT2D eigenvalue weighted by Gasteiger charge is -2.19. The standard InChI is InChI=1S/C14H11F3N2O/c1-19(11-5-3-2-4-8(11)15)14(20)12-9(16)6-7-10(18)13(12)17/h2-7H,18H2,1H3. The molecule has 2 rings (SSSR count). The molecular weight excluding hydrogens is 269 g/mol. The van der Waals surface area contributed by atoms with Crippen molar-refractivity contribution in [2.24, 2.45) is 0 Å². The molecule has 0 atom stereocenters. The maximum absolute atomic E-state index is 13.8. The summed E-state index contributed by atoms with van der Waals surface area (Å²) in [6, 6.07) is 7.33. The summed E-state index contributed by atoms with van der Waals surface area (Å²) < 4.78 is 41.0. The molecule has 0 saturated carbocycles. The molecule has 3 nitrogen and oxygen atoms in total. The summed E-state index contributed by atoms with van der Waals surface area (Å²) in [5, 5.41) is 0. The first-order valence-corrected chi connectivity index (χ1v) is 5.69. The molecule has 0 aromatic heterocycles. The average molecular weight is 280 g/mol. The Morgan fingerprint density at radius 1 is 1.05 bits per heavy atom. The maximum Gasteiger partial charge on any atom is 0.264 e. The number of amides is 1. The molecular formula is C14H11F3N2O. The summed E-state index contributed by atoms with van der Waals surface area (Å²) >= 11 is 0. The lowest BCUT2D eigenvalue weighted by Crippen LogP contribution is -2.29. The van der Waals surface area contributed by atoms with Crippen LogP contribution >= 0.6 is 0 Å². The third kappa shape index (κ3) is 2.32. The van der Waals surface area contributed by atoms with Crippen LogP contribution in [0, 0.1) is 17.5 Å². The molecule has 2 N–H and O–H groups in total. The second kappa shape index (κ2) is 5.24. The number of rotatable bonds is 2. The van der Waals surface area contributed by atoms with Crippen LogP contribution in [0.5, 0.6) is 0 Å². The number of hydrogen-bond acceptors (Lipinski definition) is 2. The summed E-state index contributed by atoms with van der Waals surface area (Å²) in [6.45, 7) is 0. The summed E-state index contributed by atoms with van der Waals surface area (Å²) in [5.41, 5.74) is 4.07. The van der Waals surface area contributed by atoms with Crippen LogP contribution < -0.4 is 10.6 Å². The minimum atomic E-state index is -1.15. The fraction of sp³-hybridized carbons (Fsp3) is 0.0714. The number of nitrogen functional groups attached to an aromatic ring is 1. The SMILES string of the molecule is CN(C(=O)c1c(F)ccc(N)c1F)c1ccccc1F. The normalized spacial score (nSPS) is 10.4. The molecule has 0 bridgehead atoms. The summed E-state index contributed by atoms with van der Waals surface area (Å²) in [6.07, 6.45) is 0. The van der Waals surface area contributed by atoms with Gasteiger partial charge >= 0.3 is 0 Å². The first-order valence-electron chi connectivity index (χ1n) is 5.69. The molecule has 0 fully saturated rings. The van der Waals surface area contributed by atoms with Gasteiger partial charge in [-0.1, -0.05) is 12.1 Å². The Morgan fingerprint density at radius 3 is 2.35 bits per heavy atom. The van der Waals surface area contributed by atoms with Gasteiger partial charge in [0, 0.05) is 7.05 Å². The molecule has 6 heteroatoms. The van der Waals surface area contributed by atoms with Crippen LogP contribution in [0.2, 0.25) is 0 Å². The fourth-order valence-corrected chi connectivity index (χ4v) is 1.77. The van der Waals surface area contributed by atoms with E-state index < -0.39 is 28.9 Å². The molecule has 0 radical (unpaired) electrons. The van der Waals surface area contributed by atoms with Crippen molar-refractivity contribution in [3.05, 3.63) is 59.4 Å². The molecule has 0 heterocycles. The largest absolute Gasteiger partial charge is 0.396 e. The van der Waals surface area contributed by atoms with Crippen LogP contribution in [0.3, 0.4) is 0 Å². The van der Waals surface area contributed by atoms with Crippen molar-refractivity contribution < 1.29 is 18.0 Å². The topological polar surface area (TPSA) is 46.3 Å². The number of benzene rings is 2. The number of para-hydroxylation sites is 1. The minimum absolute atomic E-state index is 0.0845. The van der Waals surface area contributed by atoms with Gasteiger partial charge in [-0.15, -0.1) is 0 Å². The van der Waals surface area contributed by atoms with Crippen LogP contribution in [0.15, 0.2) is 36.4 Å². The van der Waals surface area contributed by atoms with Gasteiger partial charge in [0.25, 0.3) is 5.91 Å². The Bertz CT molecular complexity index is 673. The first-order chi connectivity index (χ1) is 9.43. The van der Waals surface area contributed by atoms with E-state index in [0.717, 1.165) is 23.1 Å². The molecule has 20 heavy (non-hydrogen) atoms. The number of nitrogens with zero attached hydrogens (tertiary/aromatic N) is 1. The molecule has 104 valence electrons. The number of carbonyl (C=O) groups is 1. The van der Waals surface area contributed by atoms with Crippen molar-refractivity contribution in [1.82, 2.24) is 0 Å².